The molecule has 32 heavy (non-hydrogen) atoms. The predicted octanol–water partition coefficient (Wildman–Crippen LogP) is 3.65. The van der Waals surface area contributed by atoms with Crippen molar-refractivity contribution in [3.63, 3.8) is 0 Å². The van der Waals surface area contributed by atoms with E-state index in [0.29, 0.717) is 35.1 Å². The van der Waals surface area contributed by atoms with Crippen molar-refractivity contribution in [2.24, 2.45) is 0 Å². The number of anilines is 1. The van der Waals surface area contributed by atoms with Gasteiger partial charge in [0, 0.05) is 30.6 Å². The minimum Gasteiger partial charge on any atom is -0.460 e. The number of nitrogens with zero attached hydrogens (tertiary/aromatic N) is 1. The van der Waals surface area contributed by atoms with E-state index in [0.717, 1.165) is 11.3 Å². The van der Waals surface area contributed by atoms with Gasteiger partial charge >= 0.3 is 5.97 Å². The van der Waals surface area contributed by atoms with Crippen molar-refractivity contribution in [2.45, 2.75) is 19.9 Å². The summed E-state index contributed by atoms with van der Waals surface area (Å²) in [6, 6.07) is 15.8. The third-order valence-electron chi connectivity index (χ3n) is 5.17. The number of benzene rings is 2. The van der Waals surface area contributed by atoms with Crippen LogP contribution in [0.2, 0.25) is 0 Å². The number of hydrogen-bond acceptors (Lipinski definition) is 5. The van der Waals surface area contributed by atoms with Crippen LogP contribution in [0.5, 0.6) is 0 Å². The molecule has 1 aliphatic heterocycles. The second kappa shape index (κ2) is 10.9. The van der Waals surface area contributed by atoms with Crippen molar-refractivity contribution >= 4 is 34.9 Å². The molecule has 0 unspecified atom stereocenters. The van der Waals surface area contributed by atoms with Gasteiger partial charge in [0.1, 0.15) is 6.61 Å². The summed E-state index contributed by atoms with van der Waals surface area (Å²) in [6.45, 7) is 4.91. The van der Waals surface area contributed by atoms with E-state index in [1.165, 1.54) is 0 Å². The Bertz CT molecular complexity index is 1020. The highest BCUT2D eigenvalue weighted by molar-refractivity contribution is 7.80. The average Bonchev–Trinajstić information content (AvgIpc) is 2.79. The highest BCUT2D eigenvalue weighted by Gasteiger charge is 2.34. The molecule has 0 aromatic heterocycles. The van der Waals surface area contributed by atoms with Gasteiger partial charge in [0.25, 0.3) is 5.91 Å². The van der Waals surface area contributed by atoms with Crippen molar-refractivity contribution < 1.29 is 19.1 Å². The normalized spacial score (nSPS) is 15.9. The van der Waals surface area contributed by atoms with E-state index in [4.69, 9.17) is 21.7 Å². The summed E-state index contributed by atoms with van der Waals surface area (Å²) >= 11 is 5.53. The maximum absolute atomic E-state index is 13.0. The summed E-state index contributed by atoms with van der Waals surface area (Å²) in [5, 5.41) is 6.69. The zero-order valence-corrected chi connectivity index (χ0v) is 19.2. The van der Waals surface area contributed by atoms with Gasteiger partial charge in [0.05, 0.1) is 18.2 Å². The van der Waals surface area contributed by atoms with Crippen LogP contribution >= 0.6 is 12.2 Å². The Morgan fingerprint density at radius 2 is 1.88 bits per heavy atom. The molecule has 8 heteroatoms. The molecule has 1 heterocycles. The van der Waals surface area contributed by atoms with Crippen LogP contribution in [0.4, 0.5) is 5.69 Å². The summed E-state index contributed by atoms with van der Waals surface area (Å²) in [5.74, 6) is -0.644. The van der Waals surface area contributed by atoms with Crippen LogP contribution in [0.15, 0.2) is 65.9 Å². The fourth-order valence-electron chi connectivity index (χ4n) is 3.56. The van der Waals surface area contributed by atoms with Crippen LogP contribution in [-0.4, -0.2) is 48.8 Å². The molecule has 0 bridgehead atoms. The minimum absolute atomic E-state index is 0.155. The Morgan fingerprint density at radius 1 is 1.12 bits per heavy atom. The molecule has 7 nitrogen and oxygen atoms in total. The van der Waals surface area contributed by atoms with Gasteiger partial charge in [-0.2, -0.15) is 0 Å². The van der Waals surface area contributed by atoms with Gasteiger partial charge in [-0.15, -0.1) is 0 Å². The van der Waals surface area contributed by atoms with Crippen LogP contribution in [0.3, 0.4) is 0 Å². The number of carbonyl (C=O) groups is 2. The number of hydrogen-bond donors (Lipinski definition) is 2. The minimum atomic E-state index is -0.506. The number of amides is 1. The topological polar surface area (TPSA) is 79.9 Å². The van der Waals surface area contributed by atoms with Gasteiger partial charge in [0.15, 0.2) is 5.11 Å². The van der Waals surface area contributed by atoms with E-state index in [1.807, 2.05) is 55.1 Å². The average molecular weight is 454 g/mol. The Labute approximate surface area is 193 Å². The monoisotopic (exact) mass is 453 g/mol. The molecule has 168 valence electrons. The lowest BCUT2D eigenvalue weighted by Gasteiger charge is -2.37. The molecule has 1 aliphatic rings. The van der Waals surface area contributed by atoms with E-state index in [2.05, 4.69) is 10.6 Å². The lowest BCUT2D eigenvalue weighted by atomic mass is 9.94. The van der Waals surface area contributed by atoms with E-state index in [1.54, 1.807) is 25.3 Å². The van der Waals surface area contributed by atoms with Crippen LogP contribution in [0, 0.1) is 0 Å². The van der Waals surface area contributed by atoms with E-state index >= 15 is 0 Å². The number of thiocarbonyl (C=S) groups is 1. The van der Waals surface area contributed by atoms with Crippen molar-refractivity contribution in [3.05, 3.63) is 77.0 Å². The molecule has 0 fully saturated rings. The number of esters is 1. The molecule has 2 N–H and O–H groups in total. The summed E-state index contributed by atoms with van der Waals surface area (Å²) in [4.78, 5) is 27.4. The highest BCUT2D eigenvalue weighted by atomic mass is 32.1. The fraction of sp³-hybridized carbons (Fsp3) is 0.292. The Morgan fingerprint density at radius 3 is 2.56 bits per heavy atom. The van der Waals surface area contributed by atoms with Crippen molar-refractivity contribution in [1.82, 2.24) is 10.2 Å². The van der Waals surface area contributed by atoms with Gasteiger partial charge in [-0.05, 0) is 55.9 Å². The lowest BCUT2D eigenvalue weighted by Crippen LogP contribution is -2.47. The zero-order chi connectivity index (χ0) is 23.1. The number of rotatable bonds is 8. The largest absolute Gasteiger partial charge is 0.460 e. The fourth-order valence-corrected chi connectivity index (χ4v) is 3.94. The summed E-state index contributed by atoms with van der Waals surface area (Å²) in [7, 11) is 1.55. The second-order valence-electron chi connectivity index (χ2n) is 7.20. The molecule has 1 atom stereocenters. The lowest BCUT2D eigenvalue weighted by molar-refractivity contribution is -0.140. The van der Waals surface area contributed by atoms with Crippen LogP contribution in [0.1, 0.15) is 35.8 Å². The van der Waals surface area contributed by atoms with Gasteiger partial charge in [-0.3, -0.25) is 4.79 Å². The SMILES string of the molecule is CCN1C(=S)N[C@H](c2cccc(NC(=O)c3ccccc3)c2)C(C(=O)OCCOC)=C1C. The smallest absolute Gasteiger partial charge is 0.338 e. The first-order valence-corrected chi connectivity index (χ1v) is 10.8. The Hall–Kier alpha value is -3.23. The Balaban J connectivity index is 1.91. The number of nitrogens with one attached hydrogen (secondary N) is 2. The molecule has 0 saturated carbocycles. The molecule has 0 saturated heterocycles. The maximum Gasteiger partial charge on any atom is 0.338 e. The second-order valence-corrected chi connectivity index (χ2v) is 7.59. The van der Waals surface area contributed by atoms with Gasteiger partial charge in [0.2, 0.25) is 0 Å². The number of methoxy groups -OCH3 is 1. The first-order valence-electron chi connectivity index (χ1n) is 10.4. The van der Waals surface area contributed by atoms with Gasteiger partial charge in [-0.1, -0.05) is 30.3 Å². The molecule has 3 rings (SSSR count). The number of carbonyl (C=O) groups excluding carboxylic acids is 2. The standard InChI is InChI=1S/C24H27N3O4S/c1-4-27-16(2)20(23(29)31-14-13-30-3)21(26-24(27)32)18-11-8-12-19(15-18)25-22(28)17-9-6-5-7-10-17/h5-12,15,21H,4,13-14H2,1-3H3,(H,25,28)(H,26,32)/t21-/m1/s1. The van der Waals surface area contributed by atoms with Crippen molar-refractivity contribution in [1.29, 1.82) is 0 Å². The number of allylic oxidation sites excluding steroid dienone is 1. The maximum atomic E-state index is 13.0. The van der Waals surface area contributed by atoms with Crippen LogP contribution < -0.4 is 10.6 Å². The first-order chi connectivity index (χ1) is 15.5. The molecule has 2 aromatic carbocycles. The quantitative estimate of drug-likeness (QED) is 0.359. The summed E-state index contributed by atoms with van der Waals surface area (Å²) < 4.78 is 10.4. The van der Waals surface area contributed by atoms with Gasteiger partial charge in [-0.25, -0.2) is 4.79 Å². The molecule has 0 aliphatic carbocycles. The highest BCUT2D eigenvalue weighted by Crippen LogP contribution is 2.32. The van der Waals surface area contributed by atoms with Crippen LogP contribution in [0.25, 0.3) is 0 Å². The predicted molar refractivity (Wildman–Crippen MR) is 127 cm³/mol. The summed E-state index contributed by atoms with van der Waals surface area (Å²) in [6.07, 6.45) is 0. The van der Waals surface area contributed by atoms with Crippen molar-refractivity contribution in [2.75, 3.05) is 32.2 Å². The molecular weight excluding hydrogens is 426 g/mol. The molecule has 1 amide bonds. The van der Waals surface area contributed by atoms with E-state index in [-0.39, 0.29) is 12.5 Å². The van der Waals surface area contributed by atoms with Gasteiger partial charge < -0.3 is 25.0 Å². The Kier molecular flexibility index (Phi) is 7.97. The zero-order valence-electron chi connectivity index (χ0n) is 18.4. The number of ether oxygens (including phenoxy) is 2. The molecule has 0 radical (unpaired) electrons. The van der Waals surface area contributed by atoms with E-state index < -0.39 is 12.0 Å². The third kappa shape index (κ3) is 5.33. The van der Waals surface area contributed by atoms with E-state index in [9.17, 15) is 9.59 Å². The molecule has 0 spiro atoms. The summed E-state index contributed by atoms with van der Waals surface area (Å²) in [5.41, 5.74) is 3.18. The molecular formula is C24H27N3O4S. The third-order valence-corrected chi connectivity index (χ3v) is 5.51. The molecule has 2 aromatic rings. The van der Waals surface area contributed by atoms with Crippen LogP contribution in [-0.2, 0) is 14.3 Å². The first kappa shape index (κ1) is 23.4. The van der Waals surface area contributed by atoms with Crippen molar-refractivity contribution in [3.8, 4) is 0 Å².